The Morgan fingerprint density at radius 3 is 2.38 bits per heavy atom. The maximum Gasteiger partial charge on any atom is 0.500 e. The van der Waals surface area contributed by atoms with Crippen molar-refractivity contribution in [1.82, 2.24) is 0 Å². The fourth-order valence-corrected chi connectivity index (χ4v) is 6.30. The highest BCUT2D eigenvalue weighted by Gasteiger charge is 2.56. The van der Waals surface area contributed by atoms with Crippen LogP contribution in [-0.2, 0) is 27.6 Å². The molecule has 0 saturated carbocycles. The number of esters is 2. The van der Waals surface area contributed by atoms with E-state index in [-0.39, 0.29) is 11.9 Å². The second-order valence-electron chi connectivity index (χ2n) is 6.12. The molecule has 2 atom stereocenters. The summed E-state index contributed by atoms with van der Waals surface area (Å²) in [6, 6.07) is 0.631. The van der Waals surface area contributed by atoms with Crippen LogP contribution in [0.15, 0.2) is 12.2 Å². The minimum Gasteiger partial charge on any atom is -0.392 e. The minimum absolute atomic E-state index is 0.350. The highest BCUT2D eigenvalue weighted by Crippen LogP contribution is 2.47. The van der Waals surface area contributed by atoms with Crippen molar-refractivity contribution in [2.75, 3.05) is 19.8 Å². The molecule has 2 unspecified atom stereocenters. The van der Waals surface area contributed by atoms with E-state index >= 15 is 0 Å². The smallest absolute Gasteiger partial charge is 0.392 e. The highest BCUT2D eigenvalue weighted by atomic mass is 28.4. The lowest BCUT2D eigenvalue weighted by Crippen LogP contribution is -2.46. The van der Waals surface area contributed by atoms with Crippen molar-refractivity contribution in [3.8, 4) is 0 Å². The molecule has 6 nitrogen and oxygen atoms in total. The lowest BCUT2D eigenvalue weighted by Gasteiger charge is -2.32. The summed E-state index contributed by atoms with van der Waals surface area (Å²) in [6.45, 7) is 7.35. The van der Waals surface area contributed by atoms with Gasteiger partial charge >= 0.3 is 20.7 Å². The molecule has 136 valence electrons. The van der Waals surface area contributed by atoms with Crippen LogP contribution in [0.3, 0.4) is 0 Å². The summed E-state index contributed by atoms with van der Waals surface area (Å²) in [5, 5.41) is 0. The Hall–Kier alpha value is -1.02. The lowest BCUT2D eigenvalue weighted by atomic mass is 9.69. The second-order valence-corrected chi connectivity index (χ2v) is 8.85. The van der Waals surface area contributed by atoms with E-state index in [1.54, 1.807) is 0 Å². The van der Waals surface area contributed by atoms with Gasteiger partial charge in [0.1, 0.15) is 0 Å². The van der Waals surface area contributed by atoms with Crippen LogP contribution in [0.2, 0.25) is 6.04 Å². The molecule has 2 aliphatic rings. The molecule has 2 rings (SSSR count). The number of rotatable bonds is 10. The molecular weight excluding hydrogens is 328 g/mol. The Kier molecular flexibility index (Phi) is 6.74. The SMILES string of the molecule is CCO[Si](CCCC12C=CCCC1C(=O)OC2=O)(OCC)OCC. The van der Waals surface area contributed by atoms with Gasteiger partial charge in [0.25, 0.3) is 0 Å². The van der Waals surface area contributed by atoms with Crippen molar-refractivity contribution in [3.63, 3.8) is 0 Å². The monoisotopic (exact) mass is 356 g/mol. The van der Waals surface area contributed by atoms with E-state index in [1.165, 1.54) is 0 Å². The molecule has 7 heteroatoms. The topological polar surface area (TPSA) is 71.1 Å². The third-order valence-corrected chi connectivity index (χ3v) is 7.83. The summed E-state index contributed by atoms with van der Waals surface area (Å²) in [6.07, 6.45) is 6.58. The van der Waals surface area contributed by atoms with Gasteiger partial charge in [-0.25, -0.2) is 0 Å². The van der Waals surface area contributed by atoms with E-state index in [2.05, 4.69) is 0 Å². The molecule has 1 aliphatic heterocycles. The summed E-state index contributed by atoms with van der Waals surface area (Å²) in [5.74, 6) is -1.14. The fraction of sp³-hybridized carbons (Fsp3) is 0.765. The zero-order chi connectivity index (χ0) is 17.6. The average molecular weight is 356 g/mol. The molecule has 1 fully saturated rings. The van der Waals surface area contributed by atoms with Gasteiger partial charge in [-0.15, -0.1) is 0 Å². The predicted octanol–water partition coefficient (Wildman–Crippen LogP) is 2.85. The Balaban J connectivity index is 2.07. The normalized spacial score (nSPS) is 26.5. The fourth-order valence-electron chi connectivity index (χ4n) is 3.68. The molecule has 1 aliphatic carbocycles. The van der Waals surface area contributed by atoms with Crippen molar-refractivity contribution in [1.29, 1.82) is 0 Å². The Labute approximate surface area is 144 Å². The van der Waals surface area contributed by atoms with Crippen LogP contribution >= 0.6 is 0 Å². The quantitative estimate of drug-likeness (QED) is 0.259. The van der Waals surface area contributed by atoms with Crippen LogP contribution in [-0.4, -0.2) is 40.6 Å². The maximum atomic E-state index is 12.3. The molecule has 0 aromatic carbocycles. The number of carbonyl (C=O) groups is 2. The van der Waals surface area contributed by atoms with Crippen LogP contribution in [0.4, 0.5) is 0 Å². The first-order valence-electron chi connectivity index (χ1n) is 8.89. The standard InChI is InChI=1S/C17H28O6Si/c1-4-20-24(21-5-2,22-6-3)13-9-12-17-11-8-7-10-14(17)15(18)23-16(17)19/h8,11,14H,4-7,9-10,12-13H2,1-3H3. The van der Waals surface area contributed by atoms with Crippen molar-refractivity contribution in [2.24, 2.45) is 11.3 Å². The van der Waals surface area contributed by atoms with Crippen LogP contribution in [0.1, 0.15) is 46.5 Å². The Bertz CT molecular complexity index is 474. The largest absolute Gasteiger partial charge is 0.500 e. The molecule has 0 aromatic rings. The maximum absolute atomic E-state index is 12.3. The Morgan fingerprint density at radius 1 is 1.17 bits per heavy atom. The number of hydrogen-bond acceptors (Lipinski definition) is 6. The van der Waals surface area contributed by atoms with Gasteiger partial charge in [0, 0.05) is 25.9 Å². The minimum atomic E-state index is -2.73. The van der Waals surface area contributed by atoms with Gasteiger partial charge in [-0.1, -0.05) is 12.2 Å². The second kappa shape index (κ2) is 8.38. The zero-order valence-corrected chi connectivity index (χ0v) is 15.8. The molecule has 24 heavy (non-hydrogen) atoms. The van der Waals surface area contributed by atoms with Crippen LogP contribution in [0.5, 0.6) is 0 Å². The molecular formula is C17H28O6Si. The molecule has 1 heterocycles. The van der Waals surface area contributed by atoms with Gasteiger partial charge in [-0.2, -0.15) is 0 Å². The van der Waals surface area contributed by atoms with Gasteiger partial charge in [0.05, 0.1) is 11.3 Å². The number of cyclic esters (lactones) is 2. The molecule has 0 radical (unpaired) electrons. The van der Waals surface area contributed by atoms with Crippen molar-refractivity contribution in [3.05, 3.63) is 12.2 Å². The molecule has 0 N–H and O–H groups in total. The molecule has 0 amide bonds. The summed E-state index contributed by atoms with van der Waals surface area (Å²) in [4.78, 5) is 24.2. The summed E-state index contributed by atoms with van der Waals surface area (Å²) in [7, 11) is -2.73. The lowest BCUT2D eigenvalue weighted by molar-refractivity contribution is -0.154. The summed E-state index contributed by atoms with van der Waals surface area (Å²) >= 11 is 0. The van der Waals surface area contributed by atoms with Crippen LogP contribution in [0, 0.1) is 11.3 Å². The van der Waals surface area contributed by atoms with E-state index in [1.807, 2.05) is 32.9 Å². The van der Waals surface area contributed by atoms with Crippen molar-refractivity contribution in [2.45, 2.75) is 52.5 Å². The van der Waals surface area contributed by atoms with Gasteiger partial charge in [-0.3, -0.25) is 9.59 Å². The first kappa shape index (κ1) is 19.3. The van der Waals surface area contributed by atoms with Gasteiger partial charge in [-0.05, 0) is 46.5 Å². The van der Waals surface area contributed by atoms with E-state index in [0.29, 0.717) is 45.1 Å². The van der Waals surface area contributed by atoms with Gasteiger partial charge < -0.3 is 18.0 Å². The van der Waals surface area contributed by atoms with Gasteiger partial charge in [0.15, 0.2) is 0 Å². The number of hydrogen-bond donors (Lipinski definition) is 0. The first-order chi connectivity index (χ1) is 11.5. The van der Waals surface area contributed by atoms with E-state index in [9.17, 15) is 9.59 Å². The predicted molar refractivity (Wildman–Crippen MR) is 90.1 cm³/mol. The first-order valence-corrected chi connectivity index (χ1v) is 10.8. The Morgan fingerprint density at radius 2 is 1.79 bits per heavy atom. The van der Waals surface area contributed by atoms with Crippen LogP contribution in [0.25, 0.3) is 0 Å². The highest BCUT2D eigenvalue weighted by molar-refractivity contribution is 6.60. The number of ether oxygens (including phenoxy) is 1. The van der Waals surface area contributed by atoms with E-state index in [4.69, 9.17) is 18.0 Å². The molecule has 0 bridgehead atoms. The van der Waals surface area contributed by atoms with Crippen molar-refractivity contribution < 1.29 is 27.6 Å². The third-order valence-electron chi connectivity index (χ3n) is 4.68. The van der Waals surface area contributed by atoms with E-state index < -0.39 is 20.2 Å². The summed E-state index contributed by atoms with van der Waals surface area (Å²) in [5.41, 5.74) is -0.805. The molecule has 0 aromatic heterocycles. The molecule has 0 spiro atoms. The summed E-state index contributed by atoms with van der Waals surface area (Å²) < 4.78 is 22.5. The van der Waals surface area contributed by atoms with Crippen LogP contribution < -0.4 is 0 Å². The number of fused-ring (bicyclic) bond motifs is 1. The average Bonchev–Trinajstić information content (AvgIpc) is 2.80. The zero-order valence-electron chi connectivity index (χ0n) is 14.8. The van der Waals surface area contributed by atoms with E-state index in [0.717, 1.165) is 6.42 Å². The number of carbonyl (C=O) groups excluding carboxylic acids is 2. The number of allylic oxidation sites excluding steroid dienone is 1. The third kappa shape index (κ3) is 3.79. The van der Waals surface area contributed by atoms with Crippen molar-refractivity contribution >= 4 is 20.7 Å². The van der Waals surface area contributed by atoms with Gasteiger partial charge in [0.2, 0.25) is 0 Å². The molecule has 1 saturated heterocycles.